The summed E-state index contributed by atoms with van der Waals surface area (Å²) in [6.45, 7) is 2.30. The highest BCUT2D eigenvalue weighted by Gasteiger charge is 2.10. The van der Waals surface area contributed by atoms with Crippen LogP contribution in [-0.4, -0.2) is 25.6 Å². The maximum Gasteiger partial charge on any atom is 0.223 e. The summed E-state index contributed by atoms with van der Waals surface area (Å²) in [4.78, 5) is 11.1. The van der Waals surface area contributed by atoms with E-state index in [4.69, 9.17) is 10.5 Å². The second-order valence-corrected chi connectivity index (χ2v) is 6.05. The van der Waals surface area contributed by atoms with Gasteiger partial charge in [-0.25, -0.2) is 0 Å². The van der Waals surface area contributed by atoms with Crippen molar-refractivity contribution in [3.05, 3.63) is 26.6 Å². The van der Waals surface area contributed by atoms with Crippen molar-refractivity contribution in [3.63, 3.8) is 0 Å². The van der Waals surface area contributed by atoms with Crippen molar-refractivity contribution < 1.29 is 9.53 Å². The quantitative estimate of drug-likeness (QED) is 0.780. The molecule has 1 amide bonds. The third kappa shape index (κ3) is 5.50. The molecule has 0 bridgehead atoms. The average molecular weight is 394 g/mol. The molecule has 1 rings (SSSR count). The number of carbonyl (C=O) groups excluding carboxylic acids is 1. The van der Waals surface area contributed by atoms with Crippen LogP contribution in [0.25, 0.3) is 0 Å². The average Bonchev–Trinajstić information content (AvgIpc) is 2.31. The molecule has 6 heteroatoms. The van der Waals surface area contributed by atoms with Gasteiger partial charge in [0.2, 0.25) is 5.91 Å². The summed E-state index contributed by atoms with van der Waals surface area (Å²) in [7, 11) is 1.61. The molecule has 106 valence electrons. The summed E-state index contributed by atoms with van der Waals surface area (Å²) < 4.78 is 7.33. The van der Waals surface area contributed by atoms with Crippen LogP contribution in [0.3, 0.4) is 0 Å². The Hall–Kier alpha value is -0.590. The van der Waals surface area contributed by atoms with Crippen molar-refractivity contribution >= 4 is 37.8 Å². The van der Waals surface area contributed by atoms with Crippen molar-refractivity contribution in [2.45, 2.75) is 25.8 Å². The highest BCUT2D eigenvalue weighted by atomic mass is 79.9. The summed E-state index contributed by atoms with van der Waals surface area (Å²) in [5.74, 6) is 0.665. The van der Waals surface area contributed by atoms with Crippen LogP contribution in [0, 0.1) is 0 Å². The van der Waals surface area contributed by atoms with E-state index < -0.39 is 0 Å². The van der Waals surface area contributed by atoms with Crippen molar-refractivity contribution in [1.29, 1.82) is 0 Å². The molecular formula is C13H18Br2N2O2. The number of amides is 1. The molecule has 19 heavy (non-hydrogen) atoms. The molecule has 0 aliphatic carbocycles. The summed E-state index contributed by atoms with van der Waals surface area (Å²) >= 11 is 6.95. The number of nitrogens with two attached hydrogens (primary N) is 1. The fraction of sp³-hybridized carbons (Fsp3) is 0.462. The van der Waals surface area contributed by atoms with Crippen LogP contribution in [0.2, 0.25) is 0 Å². The van der Waals surface area contributed by atoms with Gasteiger partial charge in [-0.1, -0.05) is 0 Å². The first-order valence-corrected chi connectivity index (χ1v) is 7.59. The van der Waals surface area contributed by atoms with Crippen LogP contribution in [0.5, 0.6) is 5.75 Å². The molecule has 0 aliphatic heterocycles. The third-order valence-electron chi connectivity index (χ3n) is 2.47. The number of ether oxygens (including phenoxy) is 1. The second-order valence-electron chi connectivity index (χ2n) is 4.34. The Kier molecular flexibility index (Phi) is 6.82. The SMILES string of the molecule is CNC(=O)CCOc1c(Br)cc(CC(C)N)cc1Br. The van der Waals surface area contributed by atoms with Crippen LogP contribution in [-0.2, 0) is 11.2 Å². The lowest BCUT2D eigenvalue weighted by Gasteiger charge is -2.13. The Morgan fingerprint density at radius 2 is 2.00 bits per heavy atom. The van der Waals surface area contributed by atoms with E-state index in [-0.39, 0.29) is 11.9 Å². The molecule has 0 saturated carbocycles. The molecule has 0 aliphatic rings. The number of carbonyl (C=O) groups is 1. The first-order chi connectivity index (χ1) is 8.93. The zero-order valence-corrected chi connectivity index (χ0v) is 14.2. The van der Waals surface area contributed by atoms with E-state index in [1.54, 1.807) is 7.05 Å². The molecule has 0 aromatic heterocycles. The first kappa shape index (κ1) is 16.5. The number of hydrogen-bond acceptors (Lipinski definition) is 3. The highest BCUT2D eigenvalue weighted by molar-refractivity contribution is 9.11. The first-order valence-electron chi connectivity index (χ1n) is 6.01. The molecule has 3 N–H and O–H groups in total. The maximum absolute atomic E-state index is 11.1. The van der Waals surface area contributed by atoms with Gasteiger partial charge in [0.05, 0.1) is 22.0 Å². The number of nitrogens with one attached hydrogen (secondary N) is 1. The van der Waals surface area contributed by atoms with Crippen molar-refractivity contribution in [2.75, 3.05) is 13.7 Å². The lowest BCUT2D eigenvalue weighted by molar-refractivity contribution is -0.121. The van der Waals surface area contributed by atoms with Crippen LogP contribution < -0.4 is 15.8 Å². The van der Waals surface area contributed by atoms with Gasteiger partial charge in [0.1, 0.15) is 5.75 Å². The molecular weight excluding hydrogens is 376 g/mol. The Morgan fingerprint density at radius 1 is 1.42 bits per heavy atom. The minimum absolute atomic E-state index is 0.0409. The van der Waals surface area contributed by atoms with Crippen molar-refractivity contribution in [2.24, 2.45) is 5.73 Å². The fourth-order valence-corrected chi connectivity index (χ4v) is 3.12. The molecule has 1 aromatic rings. The lowest BCUT2D eigenvalue weighted by atomic mass is 10.1. The standard InChI is InChI=1S/C13H18Br2N2O2/c1-8(16)5-9-6-10(14)13(11(15)7-9)19-4-3-12(18)17-2/h6-8H,3-5,16H2,1-2H3,(H,17,18). The summed E-state index contributed by atoms with van der Waals surface area (Å²) in [6, 6.07) is 4.09. The largest absolute Gasteiger partial charge is 0.491 e. The predicted molar refractivity (Wildman–Crippen MR) is 83.4 cm³/mol. The molecule has 0 heterocycles. The number of hydrogen-bond donors (Lipinski definition) is 2. The van der Waals surface area contributed by atoms with E-state index in [9.17, 15) is 4.79 Å². The van der Waals surface area contributed by atoms with E-state index >= 15 is 0 Å². The molecule has 0 fully saturated rings. The topological polar surface area (TPSA) is 64.3 Å². The minimum Gasteiger partial charge on any atom is -0.491 e. The second kappa shape index (κ2) is 7.87. The summed E-state index contributed by atoms with van der Waals surface area (Å²) in [6.07, 6.45) is 1.13. The van der Waals surface area contributed by atoms with Crippen LogP contribution >= 0.6 is 31.9 Å². The van der Waals surface area contributed by atoms with Crippen LogP contribution in [0.1, 0.15) is 18.9 Å². The molecule has 1 aromatic carbocycles. The van der Waals surface area contributed by atoms with Gasteiger partial charge in [0.15, 0.2) is 0 Å². The van der Waals surface area contributed by atoms with Gasteiger partial charge >= 0.3 is 0 Å². The van der Waals surface area contributed by atoms with Gasteiger partial charge in [-0.3, -0.25) is 4.79 Å². The maximum atomic E-state index is 11.1. The summed E-state index contributed by atoms with van der Waals surface area (Å²) in [5.41, 5.74) is 6.92. The Morgan fingerprint density at radius 3 is 2.47 bits per heavy atom. The molecule has 0 spiro atoms. The Labute approximate surface area is 130 Å². The number of halogens is 2. The van der Waals surface area contributed by atoms with E-state index in [0.29, 0.717) is 18.8 Å². The highest BCUT2D eigenvalue weighted by Crippen LogP contribution is 2.35. The molecule has 1 unspecified atom stereocenters. The normalized spacial score (nSPS) is 12.1. The molecule has 0 saturated heterocycles. The van der Waals surface area contributed by atoms with Gasteiger partial charge in [0, 0.05) is 13.1 Å². The van der Waals surface area contributed by atoms with Crippen molar-refractivity contribution in [1.82, 2.24) is 5.32 Å². The van der Waals surface area contributed by atoms with Crippen LogP contribution in [0.15, 0.2) is 21.1 Å². The van der Waals surface area contributed by atoms with Gasteiger partial charge < -0.3 is 15.8 Å². The van der Waals surface area contributed by atoms with Gasteiger partial charge in [-0.2, -0.15) is 0 Å². The van der Waals surface area contributed by atoms with E-state index in [1.807, 2.05) is 19.1 Å². The van der Waals surface area contributed by atoms with Gasteiger partial charge in [-0.15, -0.1) is 0 Å². The monoisotopic (exact) mass is 392 g/mol. The number of rotatable bonds is 6. The third-order valence-corrected chi connectivity index (χ3v) is 3.65. The minimum atomic E-state index is -0.0409. The molecule has 1 atom stereocenters. The predicted octanol–water partition coefficient (Wildman–Crippen LogP) is 2.62. The van der Waals surface area contributed by atoms with Gasteiger partial charge in [-0.05, 0) is 62.9 Å². The number of benzene rings is 1. The van der Waals surface area contributed by atoms with E-state index in [1.165, 1.54) is 0 Å². The Balaban J connectivity index is 2.71. The lowest BCUT2D eigenvalue weighted by Crippen LogP contribution is -2.20. The van der Waals surface area contributed by atoms with Gasteiger partial charge in [0.25, 0.3) is 0 Å². The van der Waals surface area contributed by atoms with E-state index in [2.05, 4.69) is 37.2 Å². The summed E-state index contributed by atoms with van der Waals surface area (Å²) in [5, 5.41) is 2.55. The van der Waals surface area contributed by atoms with E-state index in [0.717, 1.165) is 20.9 Å². The smallest absolute Gasteiger partial charge is 0.223 e. The zero-order valence-electron chi connectivity index (χ0n) is 11.0. The zero-order chi connectivity index (χ0) is 14.4. The molecule has 4 nitrogen and oxygen atoms in total. The molecule has 0 radical (unpaired) electrons. The fourth-order valence-electron chi connectivity index (χ4n) is 1.61. The Bertz CT molecular complexity index is 427. The van der Waals surface area contributed by atoms with Crippen LogP contribution in [0.4, 0.5) is 0 Å². The van der Waals surface area contributed by atoms with Crippen molar-refractivity contribution in [3.8, 4) is 5.75 Å².